The van der Waals surface area contributed by atoms with Crippen LogP contribution in [-0.4, -0.2) is 4.83 Å². The third kappa shape index (κ3) is 5.01. The van der Waals surface area contributed by atoms with Crippen LogP contribution in [0.15, 0.2) is 24.3 Å². The van der Waals surface area contributed by atoms with Crippen molar-refractivity contribution in [3.63, 3.8) is 0 Å². The average Bonchev–Trinajstić information content (AvgIpc) is 2.33. The number of halogens is 2. The van der Waals surface area contributed by atoms with Gasteiger partial charge in [0.2, 0.25) is 0 Å². The first-order chi connectivity index (χ1) is 8.19. The van der Waals surface area contributed by atoms with Crippen LogP contribution in [0.3, 0.4) is 0 Å². The van der Waals surface area contributed by atoms with Gasteiger partial charge in [-0.05, 0) is 30.4 Å². The quantitative estimate of drug-likeness (QED) is 0.552. The van der Waals surface area contributed by atoms with Crippen molar-refractivity contribution in [2.45, 2.75) is 50.8 Å². The van der Waals surface area contributed by atoms with E-state index in [4.69, 9.17) is 11.6 Å². The fourth-order valence-corrected chi connectivity index (χ4v) is 3.35. The zero-order chi connectivity index (χ0) is 12.7. The molecule has 17 heavy (non-hydrogen) atoms. The zero-order valence-corrected chi connectivity index (χ0v) is 13.1. The van der Waals surface area contributed by atoms with Crippen molar-refractivity contribution in [3.05, 3.63) is 34.9 Å². The number of hydrogen-bond acceptors (Lipinski definition) is 0. The predicted octanol–water partition coefficient (Wildman–Crippen LogP) is 5.86. The van der Waals surface area contributed by atoms with E-state index in [1.807, 2.05) is 12.1 Å². The van der Waals surface area contributed by atoms with E-state index in [0.29, 0.717) is 4.83 Å². The van der Waals surface area contributed by atoms with Crippen molar-refractivity contribution in [1.82, 2.24) is 0 Å². The van der Waals surface area contributed by atoms with Crippen LogP contribution in [0.4, 0.5) is 0 Å². The van der Waals surface area contributed by atoms with Gasteiger partial charge < -0.3 is 0 Å². The highest BCUT2D eigenvalue weighted by molar-refractivity contribution is 9.09. The Bertz CT molecular complexity index is 324. The molecular weight excluding hydrogens is 296 g/mol. The molecule has 2 heteroatoms. The van der Waals surface area contributed by atoms with Gasteiger partial charge in [0.05, 0.1) is 0 Å². The standard InChI is InChI=1S/C15H22BrCl/c1-3-5-8-12(4-2)14(16)11-13-9-6-7-10-15(13)17/h6-7,9-10,12,14H,3-5,8,11H2,1-2H3. The van der Waals surface area contributed by atoms with Gasteiger partial charge in [-0.2, -0.15) is 0 Å². The van der Waals surface area contributed by atoms with E-state index in [9.17, 15) is 0 Å². The van der Waals surface area contributed by atoms with Crippen LogP contribution in [-0.2, 0) is 6.42 Å². The molecule has 0 nitrogen and oxygen atoms in total. The summed E-state index contributed by atoms with van der Waals surface area (Å²) in [7, 11) is 0. The molecule has 96 valence electrons. The number of rotatable bonds is 7. The summed E-state index contributed by atoms with van der Waals surface area (Å²) in [5.41, 5.74) is 1.26. The van der Waals surface area contributed by atoms with Crippen LogP contribution >= 0.6 is 27.5 Å². The molecule has 0 amide bonds. The minimum Gasteiger partial charge on any atom is -0.0884 e. The van der Waals surface area contributed by atoms with Crippen molar-refractivity contribution >= 4 is 27.5 Å². The molecule has 1 aromatic rings. The summed E-state index contributed by atoms with van der Waals surface area (Å²) in [6.45, 7) is 4.53. The summed E-state index contributed by atoms with van der Waals surface area (Å²) >= 11 is 10.0. The smallest absolute Gasteiger partial charge is 0.0438 e. The van der Waals surface area contributed by atoms with Crippen molar-refractivity contribution in [3.8, 4) is 0 Å². The Morgan fingerprint density at radius 2 is 1.94 bits per heavy atom. The molecule has 0 fully saturated rings. The van der Waals surface area contributed by atoms with E-state index in [2.05, 4.69) is 41.9 Å². The van der Waals surface area contributed by atoms with Gasteiger partial charge in [-0.25, -0.2) is 0 Å². The maximum Gasteiger partial charge on any atom is 0.0438 e. The molecule has 1 rings (SSSR count). The summed E-state index contributed by atoms with van der Waals surface area (Å²) in [5, 5.41) is 0.891. The lowest BCUT2D eigenvalue weighted by Crippen LogP contribution is -2.16. The minimum absolute atomic E-state index is 0.541. The van der Waals surface area contributed by atoms with Crippen LogP contribution in [0.5, 0.6) is 0 Å². The van der Waals surface area contributed by atoms with E-state index in [-0.39, 0.29) is 0 Å². The number of unbranched alkanes of at least 4 members (excludes halogenated alkanes) is 1. The highest BCUT2D eigenvalue weighted by Crippen LogP contribution is 2.28. The minimum atomic E-state index is 0.541. The first-order valence-corrected chi connectivity index (χ1v) is 7.85. The molecule has 0 aliphatic rings. The van der Waals surface area contributed by atoms with Gasteiger partial charge >= 0.3 is 0 Å². The molecular formula is C15H22BrCl. The van der Waals surface area contributed by atoms with Gasteiger partial charge in [-0.3, -0.25) is 0 Å². The second kappa shape index (κ2) is 8.16. The zero-order valence-electron chi connectivity index (χ0n) is 10.8. The third-order valence-corrected chi connectivity index (χ3v) is 4.78. The molecule has 2 atom stereocenters. The summed E-state index contributed by atoms with van der Waals surface area (Å²) in [4.78, 5) is 0.541. The maximum absolute atomic E-state index is 6.20. The van der Waals surface area contributed by atoms with E-state index in [0.717, 1.165) is 17.4 Å². The summed E-state index contributed by atoms with van der Waals surface area (Å²) in [6, 6.07) is 8.16. The molecule has 0 saturated carbocycles. The van der Waals surface area contributed by atoms with Crippen molar-refractivity contribution < 1.29 is 0 Å². The highest BCUT2D eigenvalue weighted by atomic mass is 79.9. The summed E-state index contributed by atoms with van der Waals surface area (Å²) < 4.78 is 0. The largest absolute Gasteiger partial charge is 0.0884 e. The van der Waals surface area contributed by atoms with Gasteiger partial charge in [0.25, 0.3) is 0 Å². The van der Waals surface area contributed by atoms with Crippen LogP contribution in [0.1, 0.15) is 45.1 Å². The van der Waals surface area contributed by atoms with E-state index in [1.54, 1.807) is 0 Å². The summed E-state index contributed by atoms with van der Waals surface area (Å²) in [6.07, 6.45) is 6.18. The monoisotopic (exact) mass is 316 g/mol. The predicted molar refractivity (Wildman–Crippen MR) is 81.2 cm³/mol. The molecule has 1 aromatic carbocycles. The molecule has 0 bridgehead atoms. The SMILES string of the molecule is CCCCC(CC)C(Br)Cc1ccccc1Cl. The molecule has 0 saturated heterocycles. The van der Waals surface area contributed by atoms with Crippen LogP contribution in [0.25, 0.3) is 0 Å². The maximum atomic E-state index is 6.20. The third-order valence-electron chi connectivity index (χ3n) is 3.34. The Morgan fingerprint density at radius 3 is 2.53 bits per heavy atom. The molecule has 0 aliphatic carbocycles. The van der Waals surface area contributed by atoms with Crippen molar-refractivity contribution in [1.29, 1.82) is 0 Å². The topological polar surface area (TPSA) is 0 Å². The Hall–Kier alpha value is -0.0100. The average molecular weight is 318 g/mol. The highest BCUT2D eigenvalue weighted by Gasteiger charge is 2.17. The van der Waals surface area contributed by atoms with E-state index < -0.39 is 0 Å². The fourth-order valence-electron chi connectivity index (χ4n) is 2.15. The lowest BCUT2D eigenvalue weighted by molar-refractivity contribution is 0.437. The second-order valence-corrected chi connectivity index (χ2v) is 6.21. The first kappa shape index (κ1) is 15.0. The molecule has 0 spiro atoms. The Morgan fingerprint density at radius 1 is 1.24 bits per heavy atom. The molecule has 2 unspecified atom stereocenters. The van der Waals surface area contributed by atoms with Gasteiger partial charge in [-0.1, -0.05) is 78.8 Å². The van der Waals surface area contributed by atoms with Crippen molar-refractivity contribution in [2.24, 2.45) is 5.92 Å². The van der Waals surface area contributed by atoms with Crippen LogP contribution in [0.2, 0.25) is 5.02 Å². The lowest BCUT2D eigenvalue weighted by atomic mass is 9.92. The Labute approximate surface area is 119 Å². The fraction of sp³-hybridized carbons (Fsp3) is 0.600. The molecule has 0 N–H and O–H groups in total. The molecule has 0 aliphatic heterocycles. The molecule has 0 aromatic heterocycles. The van der Waals surface area contributed by atoms with Gasteiger partial charge in [0, 0.05) is 9.85 Å². The van der Waals surface area contributed by atoms with E-state index in [1.165, 1.54) is 31.2 Å². The number of hydrogen-bond donors (Lipinski definition) is 0. The Balaban J connectivity index is 2.57. The summed E-state index contributed by atoms with van der Waals surface area (Å²) in [5.74, 6) is 0.756. The van der Waals surface area contributed by atoms with Crippen LogP contribution < -0.4 is 0 Å². The second-order valence-electron chi connectivity index (χ2n) is 4.62. The number of benzene rings is 1. The van der Waals surface area contributed by atoms with Crippen LogP contribution in [0, 0.1) is 5.92 Å². The van der Waals surface area contributed by atoms with Crippen molar-refractivity contribution in [2.75, 3.05) is 0 Å². The van der Waals surface area contributed by atoms with Gasteiger partial charge in [-0.15, -0.1) is 0 Å². The van der Waals surface area contributed by atoms with E-state index >= 15 is 0 Å². The molecule has 0 heterocycles. The van der Waals surface area contributed by atoms with Gasteiger partial charge in [0.15, 0.2) is 0 Å². The Kier molecular flexibility index (Phi) is 7.22. The lowest BCUT2D eigenvalue weighted by Gasteiger charge is -2.21. The van der Waals surface area contributed by atoms with Gasteiger partial charge in [0.1, 0.15) is 0 Å². The number of alkyl halides is 1. The first-order valence-electron chi connectivity index (χ1n) is 6.56. The molecule has 0 radical (unpaired) electrons. The normalized spacial score (nSPS) is 14.6.